The third-order valence-electron chi connectivity index (χ3n) is 2.28. The number of hydrogen-bond donors (Lipinski definition) is 2. The third-order valence-corrected chi connectivity index (χ3v) is 2.28. The number of nitrogens with zero attached hydrogens (tertiary/aromatic N) is 2. The van der Waals surface area contributed by atoms with Crippen molar-refractivity contribution in [3.8, 4) is 0 Å². The molecule has 7 nitrogen and oxygen atoms in total. The van der Waals surface area contributed by atoms with Gasteiger partial charge in [-0.3, -0.25) is 0 Å². The highest BCUT2D eigenvalue weighted by Gasteiger charge is 2.11. The maximum absolute atomic E-state index is 5.45. The van der Waals surface area contributed by atoms with Crippen LogP contribution in [0.1, 0.15) is 25.8 Å². The number of methoxy groups -OCH3 is 1. The molecule has 7 heteroatoms. The van der Waals surface area contributed by atoms with Crippen molar-refractivity contribution >= 4 is 6.01 Å². The van der Waals surface area contributed by atoms with Crippen molar-refractivity contribution in [2.24, 2.45) is 0 Å². The van der Waals surface area contributed by atoms with E-state index in [1.165, 1.54) is 0 Å². The molecule has 2 N–H and O–H groups in total. The first kappa shape index (κ1) is 14.9. The van der Waals surface area contributed by atoms with Gasteiger partial charge in [0, 0.05) is 13.7 Å². The van der Waals surface area contributed by atoms with Crippen LogP contribution in [0.2, 0.25) is 0 Å². The van der Waals surface area contributed by atoms with E-state index in [9.17, 15) is 0 Å². The second-order valence-electron chi connectivity index (χ2n) is 3.76. The molecule has 1 rings (SSSR count). The lowest BCUT2D eigenvalue weighted by Crippen LogP contribution is -2.17. The van der Waals surface area contributed by atoms with Crippen LogP contribution < -0.4 is 10.6 Å². The minimum Gasteiger partial charge on any atom is -0.406 e. The third kappa shape index (κ3) is 5.44. The van der Waals surface area contributed by atoms with Crippen LogP contribution in [0.3, 0.4) is 0 Å². The predicted octanol–water partition coefficient (Wildman–Crippen LogP) is 0.815. The van der Waals surface area contributed by atoms with Gasteiger partial charge in [-0.25, -0.2) is 0 Å². The van der Waals surface area contributed by atoms with Crippen LogP contribution in [0, 0.1) is 0 Å². The molecule has 1 unspecified atom stereocenters. The molecule has 1 aromatic rings. The minimum atomic E-state index is 0.0657. The summed E-state index contributed by atoms with van der Waals surface area (Å²) in [4.78, 5) is 0. The summed E-state index contributed by atoms with van der Waals surface area (Å²) in [6.45, 7) is 7.26. The first-order valence-electron chi connectivity index (χ1n) is 6.15. The van der Waals surface area contributed by atoms with Crippen LogP contribution in [0.25, 0.3) is 0 Å². The quantitative estimate of drug-likeness (QED) is 0.601. The van der Waals surface area contributed by atoms with Gasteiger partial charge >= 0.3 is 6.01 Å². The van der Waals surface area contributed by atoms with Crippen LogP contribution in [0.5, 0.6) is 0 Å². The van der Waals surface area contributed by atoms with E-state index in [0.717, 1.165) is 6.54 Å². The molecule has 0 aromatic carbocycles. The van der Waals surface area contributed by atoms with Gasteiger partial charge in [-0.2, -0.15) is 0 Å². The SMILES string of the molecule is CCNC(C)c1nnc(NCCOCCOC)o1. The Labute approximate surface area is 107 Å². The lowest BCUT2D eigenvalue weighted by Gasteiger charge is -2.06. The van der Waals surface area contributed by atoms with Gasteiger partial charge in [0.15, 0.2) is 0 Å². The van der Waals surface area contributed by atoms with Gasteiger partial charge in [-0.05, 0) is 13.5 Å². The number of hydrogen-bond acceptors (Lipinski definition) is 7. The number of anilines is 1. The van der Waals surface area contributed by atoms with Crippen LogP contribution in [-0.4, -0.2) is 50.2 Å². The first-order chi connectivity index (χ1) is 8.77. The molecule has 0 aliphatic carbocycles. The molecule has 0 aliphatic heterocycles. The summed E-state index contributed by atoms with van der Waals surface area (Å²) in [5, 5.41) is 14.1. The maximum Gasteiger partial charge on any atom is 0.315 e. The summed E-state index contributed by atoms with van der Waals surface area (Å²) in [6, 6.07) is 0.487. The summed E-state index contributed by atoms with van der Waals surface area (Å²) < 4.78 is 15.6. The van der Waals surface area contributed by atoms with E-state index in [-0.39, 0.29) is 6.04 Å². The Balaban J connectivity index is 2.19. The predicted molar refractivity (Wildman–Crippen MR) is 67.6 cm³/mol. The van der Waals surface area contributed by atoms with Gasteiger partial charge in [0.05, 0.1) is 25.9 Å². The Kier molecular flexibility index (Phi) is 7.31. The lowest BCUT2D eigenvalue weighted by atomic mass is 10.3. The number of aromatic nitrogens is 2. The molecule has 0 radical (unpaired) electrons. The minimum absolute atomic E-state index is 0.0657. The molecule has 0 fully saturated rings. The van der Waals surface area contributed by atoms with Gasteiger partial charge in [-0.15, -0.1) is 5.10 Å². The summed E-state index contributed by atoms with van der Waals surface area (Å²) in [5.41, 5.74) is 0. The number of rotatable bonds is 10. The monoisotopic (exact) mass is 258 g/mol. The average Bonchev–Trinajstić information content (AvgIpc) is 2.83. The van der Waals surface area contributed by atoms with E-state index in [4.69, 9.17) is 13.9 Å². The van der Waals surface area contributed by atoms with Crippen LogP contribution in [0.15, 0.2) is 4.42 Å². The summed E-state index contributed by atoms with van der Waals surface area (Å²) in [7, 11) is 1.65. The van der Waals surface area contributed by atoms with E-state index in [2.05, 4.69) is 20.8 Å². The van der Waals surface area contributed by atoms with Crippen molar-refractivity contribution in [3.05, 3.63) is 5.89 Å². The molecule has 104 valence electrons. The normalized spacial score (nSPS) is 12.6. The molecule has 0 spiro atoms. The standard InChI is InChI=1S/C11H22N4O3/c1-4-12-9(2)10-14-15-11(18-10)13-5-6-17-8-7-16-3/h9,12H,4-8H2,1-3H3,(H,13,15). The number of ether oxygens (including phenoxy) is 2. The van der Waals surface area contributed by atoms with E-state index >= 15 is 0 Å². The van der Waals surface area contributed by atoms with Crippen molar-refractivity contribution in [2.45, 2.75) is 19.9 Å². The fourth-order valence-electron chi connectivity index (χ4n) is 1.35. The highest BCUT2D eigenvalue weighted by atomic mass is 16.5. The van der Waals surface area contributed by atoms with Gasteiger partial charge in [-0.1, -0.05) is 12.0 Å². The molecular formula is C11H22N4O3. The number of nitrogens with one attached hydrogen (secondary N) is 2. The van der Waals surface area contributed by atoms with Crippen molar-refractivity contribution in [2.75, 3.05) is 45.3 Å². The molecule has 1 heterocycles. The van der Waals surface area contributed by atoms with Crippen LogP contribution >= 0.6 is 0 Å². The Hall–Kier alpha value is -1.18. The maximum atomic E-state index is 5.45. The van der Waals surface area contributed by atoms with Crippen LogP contribution in [0.4, 0.5) is 6.01 Å². The average molecular weight is 258 g/mol. The first-order valence-corrected chi connectivity index (χ1v) is 6.15. The van der Waals surface area contributed by atoms with E-state index in [1.807, 2.05) is 13.8 Å². The lowest BCUT2D eigenvalue weighted by molar-refractivity contribution is 0.0757. The summed E-state index contributed by atoms with van der Waals surface area (Å²) >= 11 is 0. The van der Waals surface area contributed by atoms with Crippen molar-refractivity contribution in [3.63, 3.8) is 0 Å². The Morgan fingerprint density at radius 2 is 2.11 bits per heavy atom. The Morgan fingerprint density at radius 3 is 2.83 bits per heavy atom. The molecular weight excluding hydrogens is 236 g/mol. The van der Waals surface area contributed by atoms with Gasteiger partial charge in [0.1, 0.15) is 0 Å². The Morgan fingerprint density at radius 1 is 1.28 bits per heavy atom. The van der Waals surface area contributed by atoms with Crippen molar-refractivity contribution in [1.29, 1.82) is 0 Å². The summed E-state index contributed by atoms with van der Waals surface area (Å²) in [5.74, 6) is 0.583. The molecule has 1 atom stereocenters. The molecule has 0 bridgehead atoms. The van der Waals surface area contributed by atoms with Gasteiger partial charge in [0.2, 0.25) is 5.89 Å². The van der Waals surface area contributed by atoms with Crippen molar-refractivity contribution < 1.29 is 13.9 Å². The van der Waals surface area contributed by atoms with Gasteiger partial charge < -0.3 is 24.5 Å². The molecule has 0 aliphatic rings. The topological polar surface area (TPSA) is 81.4 Å². The second-order valence-corrected chi connectivity index (χ2v) is 3.76. The molecule has 0 saturated heterocycles. The molecule has 0 saturated carbocycles. The van der Waals surface area contributed by atoms with Crippen molar-refractivity contribution in [1.82, 2.24) is 15.5 Å². The zero-order valence-corrected chi connectivity index (χ0v) is 11.2. The fourth-order valence-corrected chi connectivity index (χ4v) is 1.35. The fraction of sp³-hybridized carbons (Fsp3) is 0.818. The molecule has 1 aromatic heterocycles. The molecule has 0 amide bonds. The van der Waals surface area contributed by atoms with E-state index in [0.29, 0.717) is 38.3 Å². The zero-order valence-electron chi connectivity index (χ0n) is 11.2. The zero-order chi connectivity index (χ0) is 13.2. The van der Waals surface area contributed by atoms with Gasteiger partial charge in [0.25, 0.3) is 0 Å². The Bertz CT molecular complexity index is 319. The highest BCUT2D eigenvalue weighted by molar-refractivity contribution is 5.16. The van der Waals surface area contributed by atoms with E-state index in [1.54, 1.807) is 7.11 Å². The van der Waals surface area contributed by atoms with Crippen LogP contribution in [-0.2, 0) is 9.47 Å². The highest BCUT2D eigenvalue weighted by Crippen LogP contribution is 2.12. The largest absolute Gasteiger partial charge is 0.406 e. The molecule has 18 heavy (non-hydrogen) atoms. The van der Waals surface area contributed by atoms with E-state index < -0.39 is 0 Å². The smallest absolute Gasteiger partial charge is 0.315 e. The second kappa shape index (κ2) is 8.84. The summed E-state index contributed by atoms with van der Waals surface area (Å²) in [6.07, 6.45) is 0.